The molecule has 0 N–H and O–H groups in total. The van der Waals surface area contributed by atoms with Crippen LogP contribution < -0.4 is 0 Å². The number of benzene rings is 1. The predicted octanol–water partition coefficient (Wildman–Crippen LogP) is 5.16. The van der Waals surface area contributed by atoms with Crippen molar-refractivity contribution in [3.8, 4) is 22.6 Å². The van der Waals surface area contributed by atoms with Crippen LogP contribution in [0.15, 0.2) is 53.7 Å². The lowest BCUT2D eigenvalue weighted by molar-refractivity contribution is -0.141. The molecule has 3 aromatic heterocycles. The molecule has 0 spiro atoms. The number of imidazole rings is 1. The van der Waals surface area contributed by atoms with Gasteiger partial charge in [-0.3, -0.25) is 4.98 Å². The van der Waals surface area contributed by atoms with Gasteiger partial charge in [-0.25, -0.2) is 18.4 Å². The van der Waals surface area contributed by atoms with Crippen LogP contribution in [-0.2, 0) is 23.1 Å². The Morgan fingerprint density at radius 1 is 1.06 bits per heavy atom. The minimum atomic E-state index is -4.63. The summed E-state index contributed by atoms with van der Waals surface area (Å²) in [6.45, 7) is 1.50. The van der Waals surface area contributed by atoms with Gasteiger partial charge in [0.15, 0.2) is 15.7 Å². The van der Waals surface area contributed by atoms with Crippen LogP contribution >= 0.6 is 11.6 Å². The SMILES string of the molecule is CCS(=O)(=O)c1cc(-c2cccc(Cl)c2)cnc1-c1nc2cc(C(F)(F)F)ncc2n1C. The van der Waals surface area contributed by atoms with Gasteiger partial charge in [-0.15, -0.1) is 0 Å². The number of alkyl halides is 3. The first-order valence-corrected chi connectivity index (χ1v) is 11.4. The van der Waals surface area contributed by atoms with E-state index < -0.39 is 21.7 Å². The number of aryl methyl sites for hydroxylation is 1. The van der Waals surface area contributed by atoms with Crippen LogP contribution in [0.1, 0.15) is 12.6 Å². The maximum Gasteiger partial charge on any atom is 0.433 e. The minimum Gasteiger partial charge on any atom is -0.324 e. The average Bonchev–Trinajstić information content (AvgIpc) is 3.08. The zero-order chi connectivity index (χ0) is 23.3. The summed E-state index contributed by atoms with van der Waals surface area (Å²) in [4.78, 5) is 12.0. The summed E-state index contributed by atoms with van der Waals surface area (Å²) in [5.74, 6) is -0.0736. The number of aromatic nitrogens is 4. The molecular formula is C21H16ClF3N4O2S. The second-order valence-electron chi connectivity index (χ2n) is 7.03. The van der Waals surface area contributed by atoms with Crippen LogP contribution in [0.5, 0.6) is 0 Å². The highest BCUT2D eigenvalue weighted by molar-refractivity contribution is 7.91. The Kier molecular flexibility index (Phi) is 5.46. The third-order valence-corrected chi connectivity index (χ3v) is 6.97. The van der Waals surface area contributed by atoms with Crippen molar-refractivity contribution in [2.75, 3.05) is 5.75 Å². The monoisotopic (exact) mass is 480 g/mol. The van der Waals surface area contributed by atoms with Gasteiger partial charge in [0.1, 0.15) is 11.4 Å². The average molecular weight is 481 g/mol. The van der Waals surface area contributed by atoms with Gasteiger partial charge in [0, 0.05) is 23.8 Å². The molecule has 4 aromatic rings. The van der Waals surface area contributed by atoms with E-state index in [0.29, 0.717) is 21.7 Å². The number of hydrogen-bond donors (Lipinski definition) is 0. The molecule has 166 valence electrons. The maximum absolute atomic E-state index is 13.0. The molecule has 0 unspecified atom stereocenters. The summed E-state index contributed by atoms with van der Waals surface area (Å²) in [5, 5.41) is 0.481. The molecular weight excluding hydrogens is 465 g/mol. The van der Waals surface area contributed by atoms with Crippen molar-refractivity contribution in [2.45, 2.75) is 18.0 Å². The highest BCUT2D eigenvalue weighted by atomic mass is 35.5. The summed E-state index contributed by atoms with van der Waals surface area (Å²) in [7, 11) is -2.18. The van der Waals surface area contributed by atoms with Gasteiger partial charge in [0.25, 0.3) is 0 Å². The number of rotatable bonds is 4. The van der Waals surface area contributed by atoms with Crippen molar-refractivity contribution in [1.82, 2.24) is 19.5 Å². The number of sulfone groups is 1. The Hall–Kier alpha value is -2.98. The number of hydrogen-bond acceptors (Lipinski definition) is 5. The third kappa shape index (κ3) is 3.95. The van der Waals surface area contributed by atoms with Gasteiger partial charge in [-0.2, -0.15) is 13.2 Å². The second-order valence-corrected chi connectivity index (χ2v) is 9.72. The van der Waals surface area contributed by atoms with Crippen molar-refractivity contribution >= 4 is 32.5 Å². The summed E-state index contributed by atoms with van der Waals surface area (Å²) in [6.07, 6.45) is -2.09. The Labute approximate surface area is 186 Å². The molecule has 0 saturated carbocycles. The molecule has 32 heavy (non-hydrogen) atoms. The summed E-state index contributed by atoms with van der Waals surface area (Å²) in [5.41, 5.74) is 0.514. The summed E-state index contributed by atoms with van der Waals surface area (Å²) in [6, 6.07) is 9.18. The first-order valence-electron chi connectivity index (χ1n) is 9.40. The molecule has 0 aliphatic rings. The van der Waals surface area contributed by atoms with Gasteiger partial charge < -0.3 is 4.57 Å². The van der Waals surface area contributed by atoms with Crippen molar-refractivity contribution in [3.63, 3.8) is 0 Å². The number of fused-ring (bicyclic) bond motifs is 1. The Bertz CT molecular complexity index is 1450. The normalized spacial score (nSPS) is 12.4. The molecule has 6 nitrogen and oxygen atoms in total. The van der Waals surface area contributed by atoms with E-state index >= 15 is 0 Å². The van der Waals surface area contributed by atoms with Crippen molar-refractivity contribution in [2.24, 2.45) is 7.05 Å². The van der Waals surface area contributed by atoms with Crippen LogP contribution in [0, 0.1) is 0 Å². The molecule has 3 heterocycles. The van der Waals surface area contributed by atoms with Crippen LogP contribution in [-0.4, -0.2) is 33.7 Å². The van der Waals surface area contributed by atoms with Gasteiger partial charge in [0.2, 0.25) is 0 Å². The molecule has 0 aliphatic carbocycles. The zero-order valence-corrected chi connectivity index (χ0v) is 18.4. The predicted molar refractivity (Wildman–Crippen MR) is 115 cm³/mol. The lowest BCUT2D eigenvalue weighted by atomic mass is 10.1. The quantitative estimate of drug-likeness (QED) is 0.403. The fraction of sp³-hybridized carbons (Fsp3) is 0.190. The van der Waals surface area contributed by atoms with E-state index in [4.69, 9.17) is 11.6 Å². The third-order valence-electron chi connectivity index (χ3n) is 5.00. The zero-order valence-electron chi connectivity index (χ0n) is 16.9. The van der Waals surface area contributed by atoms with E-state index in [1.54, 1.807) is 31.3 Å². The van der Waals surface area contributed by atoms with Crippen LogP contribution in [0.3, 0.4) is 0 Å². The lowest BCUT2D eigenvalue weighted by Crippen LogP contribution is -2.09. The lowest BCUT2D eigenvalue weighted by Gasteiger charge is -2.11. The molecule has 0 amide bonds. The Morgan fingerprint density at radius 3 is 2.47 bits per heavy atom. The van der Waals surface area contributed by atoms with Crippen LogP contribution in [0.25, 0.3) is 33.7 Å². The standard InChI is InChI=1S/C21H16ClF3N4O2S/c1-3-32(30,31)17-8-13(12-5-4-6-14(22)7-12)10-27-19(17)20-28-15-9-18(21(23,24)25)26-11-16(15)29(20)2/h4-11H,3H2,1-2H3. The van der Waals surface area contributed by atoms with Crippen LogP contribution in [0.4, 0.5) is 13.2 Å². The van der Waals surface area contributed by atoms with Crippen molar-refractivity contribution in [3.05, 3.63) is 59.5 Å². The van der Waals surface area contributed by atoms with Crippen molar-refractivity contribution in [1.29, 1.82) is 0 Å². The van der Waals surface area contributed by atoms with Gasteiger partial charge in [-0.05, 0) is 29.8 Å². The van der Waals surface area contributed by atoms with Crippen molar-refractivity contribution < 1.29 is 21.6 Å². The highest BCUT2D eigenvalue weighted by Crippen LogP contribution is 2.34. The minimum absolute atomic E-state index is 0.0328. The van der Waals surface area contributed by atoms with E-state index in [2.05, 4.69) is 15.0 Å². The fourth-order valence-electron chi connectivity index (χ4n) is 3.29. The molecule has 1 aromatic carbocycles. The Morgan fingerprint density at radius 2 is 1.81 bits per heavy atom. The first-order chi connectivity index (χ1) is 15.0. The molecule has 0 radical (unpaired) electrons. The Balaban J connectivity index is 1.95. The molecule has 11 heteroatoms. The largest absolute Gasteiger partial charge is 0.433 e. The van der Waals surface area contributed by atoms with Gasteiger partial charge >= 0.3 is 6.18 Å². The number of nitrogens with zero attached hydrogens (tertiary/aromatic N) is 4. The molecule has 0 aliphatic heterocycles. The second kappa shape index (κ2) is 7.86. The first kappa shape index (κ1) is 22.2. The summed E-state index contributed by atoms with van der Waals surface area (Å²) < 4.78 is 66.4. The highest BCUT2D eigenvalue weighted by Gasteiger charge is 2.33. The molecule has 0 atom stereocenters. The number of pyridine rings is 2. The van der Waals surface area contributed by atoms with Crippen LogP contribution in [0.2, 0.25) is 5.02 Å². The fourth-order valence-corrected chi connectivity index (χ4v) is 4.53. The van der Waals surface area contributed by atoms with E-state index in [9.17, 15) is 21.6 Å². The molecule has 0 bridgehead atoms. The van der Waals surface area contributed by atoms with E-state index in [0.717, 1.165) is 12.3 Å². The molecule has 0 fully saturated rings. The molecule has 0 saturated heterocycles. The van der Waals surface area contributed by atoms with E-state index in [1.807, 2.05) is 0 Å². The smallest absolute Gasteiger partial charge is 0.324 e. The van der Waals surface area contributed by atoms with E-state index in [1.165, 1.54) is 23.8 Å². The topological polar surface area (TPSA) is 77.7 Å². The number of halogens is 4. The van der Waals surface area contributed by atoms with Gasteiger partial charge in [-0.1, -0.05) is 30.7 Å². The maximum atomic E-state index is 13.0. The summed E-state index contributed by atoms with van der Waals surface area (Å²) >= 11 is 6.05. The molecule has 4 rings (SSSR count). The van der Waals surface area contributed by atoms with Gasteiger partial charge in [0.05, 0.1) is 27.9 Å². The van der Waals surface area contributed by atoms with E-state index in [-0.39, 0.29) is 27.7 Å².